The van der Waals surface area contributed by atoms with Crippen LogP contribution in [0.1, 0.15) is 26.2 Å². The summed E-state index contributed by atoms with van der Waals surface area (Å²) in [7, 11) is -3.54. The van der Waals surface area contributed by atoms with E-state index in [4.69, 9.17) is 0 Å². The third-order valence-electron chi connectivity index (χ3n) is 4.69. The highest BCUT2D eigenvalue weighted by Gasteiger charge is 2.68. The van der Waals surface area contributed by atoms with Gasteiger partial charge in [-0.1, -0.05) is 31.5 Å². The van der Waals surface area contributed by atoms with Gasteiger partial charge < -0.3 is 0 Å². The van der Waals surface area contributed by atoms with Gasteiger partial charge in [0.15, 0.2) is 15.6 Å². The summed E-state index contributed by atoms with van der Waals surface area (Å²) >= 11 is 0. The highest BCUT2D eigenvalue weighted by atomic mass is 32.2. The number of carbonyl (C=O) groups excluding carboxylic acids is 1. The van der Waals surface area contributed by atoms with E-state index < -0.39 is 14.6 Å². The lowest BCUT2D eigenvalue weighted by atomic mass is 9.56. The molecule has 0 aromatic heterocycles. The number of benzene rings is 1. The molecule has 3 unspecified atom stereocenters. The fourth-order valence-corrected chi connectivity index (χ4v) is 6.05. The van der Waals surface area contributed by atoms with Gasteiger partial charge in [0.05, 0.1) is 4.90 Å². The van der Waals surface area contributed by atoms with Gasteiger partial charge in [-0.2, -0.15) is 0 Å². The molecule has 3 aliphatic carbocycles. The smallest absolute Gasteiger partial charge is 0.191 e. The summed E-state index contributed by atoms with van der Waals surface area (Å²) in [6.45, 7) is 1.91. The zero-order valence-electron chi connectivity index (χ0n) is 10.3. The Labute approximate surface area is 107 Å². The van der Waals surface area contributed by atoms with Crippen LogP contribution in [0.2, 0.25) is 0 Å². The molecule has 0 radical (unpaired) electrons. The van der Waals surface area contributed by atoms with E-state index in [0.29, 0.717) is 6.42 Å². The molecule has 1 aromatic carbocycles. The summed E-state index contributed by atoms with van der Waals surface area (Å²) in [4.78, 5) is 12.5. The lowest BCUT2D eigenvalue weighted by Gasteiger charge is -2.54. The van der Waals surface area contributed by atoms with E-state index >= 15 is 0 Å². The van der Waals surface area contributed by atoms with Crippen LogP contribution in [0.5, 0.6) is 0 Å². The number of carbonyl (C=O) groups is 1. The number of rotatable bonds is 2. The molecular weight excluding hydrogens is 248 g/mol. The van der Waals surface area contributed by atoms with Crippen LogP contribution in [0.3, 0.4) is 0 Å². The maximum absolute atomic E-state index is 12.7. The lowest BCUT2D eigenvalue weighted by molar-refractivity contribution is -0.143. The quantitative estimate of drug-likeness (QED) is 0.823. The van der Waals surface area contributed by atoms with E-state index in [2.05, 4.69) is 0 Å². The van der Waals surface area contributed by atoms with Crippen molar-refractivity contribution in [3.63, 3.8) is 0 Å². The van der Waals surface area contributed by atoms with E-state index in [9.17, 15) is 13.2 Å². The minimum Gasteiger partial charge on any atom is -0.298 e. The molecule has 3 saturated carbocycles. The summed E-state index contributed by atoms with van der Waals surface area (Å²) in [5, 5.41) is 0. The Hall–Kier alpha value is -1.16. The Morgan fingerprint density at radius 1 is 1.22 bits per heavy atom. The molecule has 0 heterocycles. The van der Waals surface area contributed by atoms with Crippen LogP contribution in [0.15, 0.2) is 35.2 Å². The van der Waals surface area contributed by atoms with Crippen molar-refractivity contribution in [1.82, 2.24) is 0 Å². The first-order valence-electron chi connectivity index (χ1n) is 6.36. The first-order valence-corrected chi connectivity index (χ1v) is 7.84. The molecule has 0 spiro atoms. The maximum atomic E-state index is 12.7. The van der Waals surface area contributed by atoms with Crippen molar-refractivity contribution < 1.29 is 13.2 Å². The summed E-state index contributed by atoms with van der Waals surface area (Å²) in [6.07, 6.45) is 2.18. The number of hydrogen-bond acceptors (Lipinski definition) is 3. The van der Waals surface area contributed by atoms with Crippen LogP contribution >= 0.6 is 0 Å². The molecule has 4 rings (SSSR count). The van der Waals surface area contributed by atoms with Crippen LogP contribution in [0, 0.1) is 11.8 Å². The Bertz CT molecular complexity index is 591. The van der Waals surface area contributed by atoms with Crippen molar-refractivity contribution in [2.24, 2.45) is 11.8 Å². The number of fused-ring (bicyclic) bond motifs is 2. The first-order chi connectivity index (χ1) is 8.52. The maximum Gasteiger partial charge on any atom is 0.191 e. The molecule has 18 heavy (non-hydrogen) atoms. The van der Waals surface area contributed by atoms with Crippen molar-refractivity contribution in [3.8, 4) is 0 Å². The third-order valence-corrected chi connectivity index (χ3v) is 7.32. The molecule has 1 aromatic rings. The Morgan fingerprint density at radius 2 is 1.89 bits per heavy atom. The topological polar surface area (TPSA) is 51.2 Å². The van der Waals surface area contributed by atoms with E-state index in [0.717, 1.165) is 12.8 Å². The van der Waals surface area contributed by atoms with Gasteiger partial charge >= 0.3 is 0 Å². The molecule has 0 N–H and O–H groups in total. The van der Waals surface area contributed by atoms with Crippen molar-refractivity contribution >= 4 is 15.6 Å². The molecule has 96 valence electrons. The molecule has 0 amide bonds. The molecular formula is C14H16O3S. The zero-order valence-corrected chi connectivity index (χ0v) is 11.1. The second kappa shape index (κ2) is 3.67. The van der Waals surface area contributed by atoms with Gasteiger partial charge in [-0.3, -0.25) is 4.79 Å². The van der Waals surface area contributed by atoms with Crippen molar-refractivity contribution in [2.45, 2.75) is 35.8 Å². The first kappa shape index (κ1) is 11.9. The predicted octanol–water partition coefficient (Wildman–Crippen LogP) is 2.22. The van der Waals surface area contributed by atoms with Crippen molar-refractivity contribution in [3.05, 3.63) is 30.3 Å². The van der Waals surface area contributed by atoms with Gasteiger partial charge in [0.25, 0.3) is 0 Å². The fraction of sp³-hybridized carbons (Fsp3) is 0.500. The van der Waals surface area contributed by atoms with Crippen LogP contribution in [-0.2, 0) is 14.6 Å². The largest absolute Gasteiger partial charge is 0.298 e. The predicted molar refractivity (Wildman–Crippen MR) is 67.9 cm³/mol. The minimum atomic E-state index is -3.54. The molecule has 4 heteroatoms. The molecule has 3 nitrogen and oxygen atoms in total. The molecule has 3 aliphatic rings. The molecule has 2 bridgehead atoms. The molecule has 0 saturated heterocycles. The molecule has 3 atom stereocenters. The normalized spacial score (nSPS) is 35.1. The van der Waals surface area contributed by atoms with Crippen LogP contribution in [-0.4, -0.2) is 18.9 Å². The second-order valence-corrected chi connectivity index (χ2v) is 7.56. The number of sulfone groups is 1. The van der Waals surface area contributed by atoms with Crippen molar-refractivity contribution in [2.75, 3.05) is 0 Å². The van der Waals surface area contributed by atoms with E-state index in [-0.39, 0.29) is 22.5 Å². The average Bonchev–Trinajstić information content (AvgIpc) is 2.41. The summed E-state index contributed by atoms with van der Waals surface area (Å²) < 4.78 is 24.4. The Balaban J connectivity index is 2.12. The van der Waals surface area contributed by atoms with E-state index in [1.165, 1.54) is 0 Å². The van der Waals surface area contributed by atoms with Gasteiger partial charge in [-0.25, -0.2) is 8.42 Å². The van der Waals surface area contributed by atoms with Gasteiger partial charge in [-0.15, -0.1) is 0 Å². The van der Waals surface area contributed by atoms with Crippen LogP contribution < -0.4 is 0 Å². The summed E-state index contributed by atoms with van der Waals surface area (Å²) in [5.41, 5.74) is 0. The highest BCUT2D eigenvalue weighted by Crippen LogP contribution is 2.56. The standard InChI is InChI=1S/C14H16O3S/c1-10-12-8-5-9-14(10,13(12)15)18(16,17)11-6-3-2-4-7-11/h2-4,6-7,10,12H,5,8-9H2,1H3. The average molecular weight is 264 g/mol. The van der Waals surface area contributed by atoms with Crippen LogP contribution in [0.25, 0.3) is 0 Å². The van der Waals surface area contributed by atoms with Gasteiger partial charge in [-0.05, 0) is 30.9 Å². The van der Waals surface area contributed by atoms with Gasteiger partial charge in [0.1, 0.15) is 4.75 Å². The van der Waals surface area contributed by atoms with E-state index in [1.807, 2.05) is 6.92 Å². The Morgan fingerprint density at radius 3 is 2.44 bits per heavy atom. The monoisotopic (exact) mass is 264 g/mol. The number of ketones is 1. The lowest BCUT2D eigenvalue weighted by Crippen LogP contribution is -2.68. The van der Waals surface area contributed by atoms with Gasteiger partial charge in [0.2, 0.25) is 0 Å². The van der Waals surface area contributed by atoms with E-state index in [1.54, 1.807) is 30.3 Å². The highest BCUT2D eigenvalue weighted by molar-refractivity contribution is 7.93. The number of hydrogen-bond donors (Lipinski definition) is 0. The molecule has 3 fully saturated rings. The molecule has 0 aliphatic heterocycles. The summed E-state index contributed by atoms with van der Waals surface area (Å²) in [6, 6.07) is 8.37. The number of Topliss-reactive ketones (excluding diaryl/α,β-unsaturated/α-hetero) is 1. The second-order valence-electron chi connectivity index (χ2n) is 5.36. The van der Waals surface area contributed by atoms with Crippen LogP contribution in [0.4, 0.5) is 0 Å². The fourth-order valence-electron chi connectivity index (χ4n) is 3.63. The third kappa shape index (κ3) is 1.19. The van der Waals surface area contributed by atoms with Crippen molar-refractivity contribution in [1.29, 1.82) is 0 Å². The minimum absolute atomic E-state index is 0.0303. The Kier molecular flexibility index (Phi) is 2.43. The zero-order chi connectivity index (χ0) is 13.0. The van der Waals surface area contributed by atoms with Gasteiger partial charge in [0, 0.05) is 5.92 Å². The summed E-state index contributed by atoms with van der Waals surface area (Å²) in [5.74, 6) is -0.119. The SMILES string of the molecule is CC1C2CCCC1(S(=O)(=O)c1ccccc1)C2=O.